The summed E-state index contributed by atoms with van der Waals surface area (Å²) in [6, 6.07) is 7.63. The Kier molecular flexibility index (Phi) is 3.19. The summed E-state index contributed by atoms with van der Waals surface area (Å²) in [5.41, 5.74) is 3.57. The van der Waals surface area contributed by atoms with Gasteiger partial charge in [0, 0.05) is 17.6 Å². The van der Waals surface area contributed by atoms with Gasteiger partial charge >= 0.3 is 0 Å². The van der Waals surface area contributed by atoms with E-state index in [0.29, 0.717) is 23.5 Å². The molecule has 3 heterocycles. The van der Waals surface area contributed by atoms with Crippen LogP contribution in [0, 0.1) is 18.6 Å². The predicted molar refractivity (Wildman–Crippen MR) is 94.7 cm³/mol. The fourth-order valence-electron chi connectivity index (χ4n) is 3.81. The van der Waals surface area contributed by atoms with Crippen LogP contribution in [0.1, 0.15) is 17.5 Å². The van der Waals surface area contributed by atoms with Crippen molar-refractivity contribution in [1.82, 2.24) is 19.6 Å². The number of aromatic nitrogens is 4. The van der Waals surface area contributed by atoms with Crippen LogP contribution in [-0.2, 0) is 6.42 Å². The van der Waals surface area contributed by atoms with Crippen LogP contribution in [0.15, 0.2) is 36.7 Å². The van der Waals surface area contributed by atoms with Crippen molar-refractivity contribution in [3.63, 3.8) is 0 Å². The van der Waals surface area contributed by atoms with Gasteiger partial charge in [-0.1, -0.05) is 0 Å². The van der Waals surface area contributed by atoms with Gasteiger partial charge in [-0.25, -0.2) is 8.78 Å². The molecule has 0 spiro atoms. The van der Waals surface area contributed by atoms with Crippen molar-refractivity contribution in [2.75, 3.05) is 11.4 Å². The van der Waals surface area contributed by atoms with Gasteiger partial charge in [0.2, 0.25) is 0 Å². The van der Waals surface area contributed by atoms with Gasteiger partial charge in [0.25, 0.3) is 5.78 Å². The molecule has 5 nitrogen and oxygen atoms in total. The predicted octanol–water partition coefficient (Wildman–Crippen LogP) is 3.95. The molecule has 26 heavy (non-hydrogen) atoms. The zero-order valence-electron chi connectivity index (χ0n) is 14.1. The first kappa shape index (κ1) is 15.2. The molecule has 0 unspecified atom stereocenters. The van der Waals surface area contributed by atoms with Crippen LogP contribution in [0.2, 0.25) is 0 Å². The second kappa shape index (κ2) is 5.45. The lowest BCUT2D eigenvalue weighted by Gasteiger charge is -2.32. The minimum atomic E-state index is -0.347. The number of hydrogen-bond donors (Lipinski definition) is 0. The molecule has 0 amide bonds. The van der Waals surface area contributed by atoms with Crippen LogP contribution in [0.25, 0.3) is 16.7 Å². The molecule has 0 bridgehead atoms. The average Bonchev–Trinajstić information content (AvgIpc) is 3.09. The van der Waals surface area contributed by atoms with Gasteiger partial charge in [-0.15, -0.1) is 10.2 Å². The third kappa shape index (κ3) is 2.16. The Labute approximate surface area is 147 Å². The van der Waals surface area contributed by atoms with Crippen molar-refractivity contribution >= 4 is 28.2 Å². The van der Waals surface area contributed by atoms with E-state index in [1.165, 1.54) is 18.2 Å². The first-order chi connectivity index (χ1) is 12.6. The standard InChI is InChI=1S/C19H15F2N5/c1-11-7-13(21)9-17-14(11)3-2-6-25(17)18-15-8-12(20)4-5-16(15)26-10-22-24-19(26)23-18/h4-5,7-10H,2-3,6H2,1H3. The first-order valence-electron chi connectivity index (χ1n) is 8.47. The summed E-state index contributed by atoms with van der Waals surface area (Å²) >= 11 is 0. The van der Waals surface area contributed by atoms with Gasteiger partial charge in [0.15, 0.2) is 0 Å². The van der Waals surface area contributed by atoms with E-state index in [1.807, 2.05) is 11.8 Å². The van der Waals surface area contributed by atoms with Crippen molar-refractivity contribution in [1.29, 1.82) is 0 Å². The molecule has 0 saturated heterocycles. The maximum Gasteiger partial charge on any atom is 0.257 e. The number of fused-ring (bicyclic) bond motifs is 4. The van der Waals surface area contributed by atoms with Crippen LogP contribution in [0.4, 0.5) is 20.3 Å². The van der Waals surface area contributed by atoms with E-state index < -0.39 is 0 Å². The normalized spacial score (nSPS) is 14.2. The van der Waals surface area contributed by atoms with Crippen LogP contribution >= 0.6 is 0 Å². The van der Waals surface area contributed by atoms with Crippen molar-refractivity contribution in [2.24, 2.45) is 0 Å². The van der Waals surface area contributed by atoms with Crippen LogP contribution < -0.4 is 4.90 Å². The molecule has 0 N–H and O–H groups in total. The fraction of sp³-hybridized carbons (Fsp3) is 0.211. The summed E-state index contributed by atoms with van der Waals surface area (Å²) in [4.78, 5) is 6.58. The highest BCUT2D eigenvalue weighted by Crippen LogP contribution is 2.38. The number of aryl methyl sites for hydroxylation is 1. The Bertz CT molecular complexity index is 1170. The summed E-state index contributed by atoms with van der Waals surface area (Å²) in [5.74, 6) is 0.373. The zero-order valence-corrected chi connectivity index (χ0v) is 14.1. The van der Waals surface area contributed by atoms with E-state index in [2.05, 4.69) is 15.2 Å². The molecule has 130 valence electrons. The van der Waals surface area contributed by atoms with E-state index in [9.17, 15) is 8.78 Å². The Balaban J connectivity index is 1.84. The molecular weight excluding hydrogens is 336 g/mol. The smallest absolute Gasteiger partial charge is 0.257 e. The highest BCUT2D eigenvalue weighted by atomic mass is 19.1. The van der Waals surface area contributed by atoms with Crippen molar-refractivity contribution in [3.8, 4) is 0 Å². The minimum absolute atomic E-state index is 0.285. The second-order valence-corrected chi connectivity index (χ2v) is 6.57. The monoisotopic (exact) mass is 351 g/mol. The SMILES string of the molecule is Cc1cc(F)cc2c1CCCN2c1nc2nncn2c2ccc(F)cc12. The number of anilines is 2. The maximum atomic E-state index is 14.1. The van der Waals surface area contributed by atoms with Gasteiger partial charge < -0.3 is 4.90 Å². The fourth-order valence-corrected chi connectivity index (χ4v) is 3.81. The lowest BCUT2D eigenvalue weighted by atomic mass is 9.96. The Morgan fingerprint density at radius 2 is 1.96 bits per heavy atom. The molecule has 0 atom stereocenters. The molecule has 4 aromatic rings. The molecule has 2 aromatic carbocycles. The quantitative estimate of drug-likeness (QED) is 0.521. The van der Waals surface area contributed by atoms with Gasteiger partial charge in [-0.3, -0.25) is 4.40 Å². The number of hydrogen-bond acceptors (Lipinski definition) is 4. The van der Waals surface area contributed by atoms with Crippen molar-refractivity contribution < 1.29 is 8.78 Å². The van der Waals surface area contributed by atoms with Crippen LogP contribution in [-0.4, -0.2) is 26.1 Å². The number of rotatable bonds is 1. The molecule has 0 aliphatic carbocycles. The lowest BCUT2D eigenvalue weighted by molar-refractivity contribution is 0.622. The molecule has 1 aliphatic rings. The summed E-state index contributed by atoms with van der Waals surface area (Å²) < 4.78 is 29.8. The third-order valence-electron chi connectivity index (χ3n) is 4.96. The lowest BCUT2D eigenvalue weighted by Crippen LogP contribution is -2.26. The van der Waals surface area contributed by atoms with Crippen LogP contribution in [0.5, 0.6) is 0 Å². The third-order valence-corrected chi connectivity index (χ3v) is 4.96. The zero-order chi connectivity index (χ0) is 17.8. The molecule has 5 rings (SSSR count). The molecule has 0 radical (unpaired) electrons. The number of benzene rings is 2. The Hall–Kier alpha value is -3.09. The van der Waals surface area contributed by atoms with Crippen molar-refractivity contribution in [3.05, 3.63) is 59.4 Å². The molecule has 0 saturated carbocycles. The van der Waals surface area contributed by atoms with Crippen molar-refractivity contribution in [2.45, 2.75) is 19.8 Å². The highest BCUT2D eigenvalue weighted by molar-refractivity contribution is 5.94. The second-order valence-electron chi connectivity index (χ2n) is 6.57. The van der Waals surface area contributed by atoms with E-state index in [1.54, 1.807) is 22.9 Å². The Morgan fingerprint density at radius 3 is 2.85 bits per heavy atom. The average molecular weight is 351 g/mol. The van der Waals surface area contributed by atoms with Gasteiger partial charge in [-0.05, 0) is 61.2 Å². The summed E-state index contributed by atoms with van der Waals surface area (Å²) in [6.07, 6.45) is 3.35. The molecule has 0 fully saturated rings. The van der Waals surface area contributed by atoms with E-state index in [4.69, 9.17) is 0 Å². The maximum absolute atomic E-state index is 14.1. The largest absolute Gasteiger partial charge is 0.325 e. The van der Waals surface area contributed by atoms with Gasteiger partial charge in [-0.2, -0.15) is 4.98 Å². The number of nitrogens with zero attached hydrogens (tertiary/aromatic N) is 5. The van der Waals surface area contributed by atoms with E-state index in [-0.39, 0.29) is 11.6 Å². The topological polar surface area (TPSA) is 46.3 Å². The Morgan fingerprint density at radius 1 is 1.08 bits per heavy atom. The summed E-state index contributed by atoms with van der Waals surface area (Å²) in [5, 5.41) is 8.60. The highest BCUT2D eigenvalue weighted by Gasteiger charge is 2.24. The molecule has 1 aliphatic heterocycles. The minimum Gasteiger partial charge on any atom is -0.325 e. The van der Waals surface area contributed by atoms with E-state index >= 15 is 0 Å². The first-order valence-corrected chi connectivity index (χ1v) is 8.47. The van der Waals surface area contributed by atoms with Gasteiger partial charge in [0.1, 0.15) is 23.8 Å². The summed E-state index contributed by atoms with van der Waals surface area (Å²) in [7, 11) is 0. The molecular formula is C19H15F2N5. The number of halogens is 2. The summed E-state index contributed by atoms with van der Waals surface area (Å²) in [6.45, 7) is 2.59. The molecule has 7 heteroatoms. The molecule has 2 aromatic heterocycles. The van der Waals surface area contributed by atoms with Gasteiger partial charge in [0.05, 0.1) is 5.52 Å². The van der Waals surface area contributed by atoms with Crippen LogP contribution in [0.3, 0.4) is 0 Å². The van der Waals surface area contributed by atoms with E-state index in [0.717, 1.165) is 35.2 Å².